The summed E-state index contributed by atoms with van der Waals surface area (Å²) in [6.45, 7) is 3.14. The molecule has 3 nitrogen and oxygen atoms in total. The molecule has 0 bridgehead atoms. The molecule has 1 heterocycles. The number of amides is 1. The van der Waals surface area contributed by atoms with Crippen molar-refractivity contribution in [3.63, 3.8) is 0 Å². The third-order valence-corrected chi connectivity index (χ3v) is 3.16. The van der Waals surface area contributed by atoms with Crippen LogP contribution < -0.4 is 0 Å². The van der Waals surface area contributed by atoms with Gasteiger partial charge in [0.2, 0.25) is 0 Å². The van der Waals surface area contributed by atoms with Crippen molar-refractivity contribution >= 4 is 18.5 Å². The Labute approximate surface area is 118 Å². The Bertz CT molecular complexity index is 540. The van der Waals surface area contributed by atoms with Crippen molar-refractivity contribution in [1.82, 2.24) is 9.88 Å². The van der Waals surface area contributed by atoms with Gasteiger partial charge in [-0.15, -0.1) is 12.6 Å². The fourth-order valence-corrected chi connectivity index (χ4v) is 1.95. The van der Waals surface area contributed by atoms with E-state index in [1.807, 2.05) is 37.3 Å². The highest BCUT2D eigenvalue weighted by Gasteiger charge is 2.14. The lowest BCUT2D eigenvalue weighted by Crippen LogP contribution is -2.30. The van der Waals surface area contributed by atoms with Crippen LogP contribution >= 0.6 is 12.6 Å². The smallest absolute Gasteiger partial charge is 0.254 e. The quantitative estimate of drug-likeness (QED) is 0.868. The molecular formula is C15H16N2OS. The van der Waals surface area contributed by atoms with Crippen molar-refractivity contribution < 1.29 is 4.79 Å². The maximum absolute atomic E-state index is 12.4. The Hall–Kier alpha value is -1.81. The molecular weight excluding hydrogens is 256 g/mol. The van der Waals surface area contributed by atoms with E-state index in [0.717, 1.165) is 10.6 Å². The Kier molecular flexibility index (Phi) is 4.58. The van der Waals surface area contributed by atoms with Gasteiger partial charge in [0.1, 0.15) is 0 Å². The number of benzene rings is 1. The molecule has 0 radical (unpaired) electrons. The van der Waals surface area contributed by atoms with Crippen molar-refractivity contribution in [2.24, 2.45) is 0 Å². The molecule has 0 N–H and O–H groups in total. The van der Waals surface area contributed by atoms with E-state index in [9.17, 15) is 4.79 Å². The fourth-order valence-electron chi connectivity index (χ4n) is 1.80. The van der Waals surface area contributed by atoms with E-state index < -0.39 is 0 Å². The molecule has 0 aliphatic heterocycles. The number of hydrogen-bond donors (Lipinski definition) is 1. The minimum atomic E-state index is 0.0153. The van der Waals surface area contributed by atoms with E-state index in [1.165, 1.54) is 0 Å². The number of hydrogen-bond acceptors (Lipinski definition) is 3. The highest BCUT2D eigenvalue weighted by molar-refractivity contribution is 7.80. The van der Waals surface area contributed by atoms with Gasteiger partial charge in [-0.1, -0.05) is 6.07 Å². The van der Waals surface area contributed by atoms with Gasteiger partial charge in [-0.2, -0.15) is 0 Å². The van der Waals surface area contributed by atoms with Gasteiger partial charge in [-0.05, 0) is 43.3 Å². The van der Waals surface area contributed by atoms with E-state index in [2.05, 4.69) is 17.6 Å². The average molecular weight is 272 g/mol. The van der Waals surface area contributed by atoms with Gasteiger partial charge in [-0.25, -0.2) is 0 Å². The topological polar surface area (TPSA) is 33.2 Å². The standard InChI is InChI=1S/C15H16N2OS/c1-2-17(11-13-5-3-4-10-16-13)15(18)12-6-8-14(19)9-7-12/h3-10,19H,2,11H2,1H3. The summed E-state index contributed by atoms with van der Waals surface area (Å²) >= 11 is 4.22. The van der Waals surface area contributed by atoms with E-state index >= 15 is 0 Å². The van der Waals surface area contributed by atoms with E-state index in [-0.39, 0.29) is 5.91 Å². The van der Waals surface area contributed by atoms with Crippen LogP contribution in [0.3, 0.4) is 0 Å². The zero-order valence-corrected chi connectivity index (χ0v) is 11.7. The average Bonchev–Trinajstić information content (AvgIpc) is 2.46. The summed E-state index contributed by atoms with van der Waals surface area (Å²) in [6.07, 6.45) is 1.74. The number of pyridine rings is 1. The molecule has 1 aromatic heterocycles. The van der Waals surface area contributed by atoms with Gasteiger partial charge in [0.25, 0.3) is 5.91 Å². The monoisotopic (exact) mass is 272 g/mol. The maximum atomic E-state index is 12.4. The first-order valence-corrected chi connectivity index (χ1v) is 6.63. The molecule has 19 heavy (non-hydrogen) atoms. The second-order valence-corrected chi connectivity index (χ2v) is 4.70. The lowest BCUT2D eigenvalue weighted by molar-refractivity contribution is 0.0750. The molecule has 98 valence electrons. The van der Waals surface area contributed by atoms with Crippen molar-refractivity contribution in [3.8, 4) is 0 Å². The third kappa shape index (κ3) is 3.58. The fraction of sp³-hybridized carbons (Fsp3) is 0.200. The van der Waals surface area contributed by atoms with Crippen molar-refractivity contribution in [2.45, 2.75) is 18.4 Å². The van der Waals surface area contributed by atoms with Crippen molar-refractivity contribution in [3.05, 3.63) is 59.9 Å². The summed E-state index contributed by atoms with van der Waals surface area (Å²) in [4.78, 5) is 19.2. The Morgan fingerprint density at radius 2 is 1.95 bits per heavy atom. The Morgan fingerprint density at radius 1 is 1.21 bits per heavy atom. The van der Waals surface area contributed by atoms with Gasteiger partial charge in [0, 0.05) is 23.2 Å². The van der Waals surface area contributed by atoms with Crippen LogP contribution in [0.2, 0.25) is 0 Å². The zero-order chi connectivity index (χ0) is 13.7. The highest BCUT2D eigenvalue weighted by atomic mass is 32.1. The molecule has 0 saturated heterocycles. The Balaban J connectivity index is 2.13. The molecule has 0 fully saturated rings. The number of nitrogens with zero attached hydrogens (tertiary/aromatic N) is 2. The molecule has 0 aliphatic rings. The summed E-state index contributed by atoms with van der Waals surface area (Å²) in [5.74, 6) is 0.0153. The second-order valence-electron chi connectivity index (χ2n) is 4.19. The summed E-state index contributed by atoms with van der Waals surface area (Å²) < 4.78 is 0. The number of rotatable bonds is 4. The van der Waals surface area contributed by atoms with Gasteiger partial charge >= 0.3 is 0 Å². The SMILES string of the molecule is CCN(Cc1ccccn1)C(=O)c1ccc(S)cc1. The normalized spacial score (nSPS) is 10.2. The number of carbonyl (C=O) groups excluding carboxylic acids is 1. The molecule has 2 aromatic rings. The molecule has 1 aromatic carbocycles. The predicted octanol–water partition coefficient (Wildman–Crippen LogP) is 3.03. The highest BCUT2D eigenvalue weighted by Crippen LogP contribution is 2.12. The molecule has 2 rings (SSSR count). The lowest BCUT2D eigenvalue weighted by Gasteiger charge is -2.20. The summed E-state index contributed by atoms with van der Waals surface area (Å²) in [7, 11) is 0. The van der Waals surface area contributed by atoms with Crippen LogP contribution in [0.4, 0.5) is 0 Å². The van der Waals surface area contributed by atoms with Gasteiger partial charge in [0.15, 0.2) is 0 Å². The minimum Gasteiger partial charge on any atom is -0.333 e. The van der Waals surface area contributed by atoms with Crippen LogP contribution in [0.25, 0.3) is 0 Å². The largest absolute Gasteiger partial charge is 0.333 e. The molecule has 0 spiro atoms. The molecule has 4 heteroatoms. The van der Waals surface area contributed by atoms with Gasteiger partial charge in [-0.3, -0.25) is 9.78 Å². The van der Waals surface area contributed by atoms with E-state index in [0.29, 0.717) is 18.7 Å². The van der Waals surface area contributed by atoms with E-state index in [1.54, 1.807) is 23.2 Å². The van der Waals surface area contributed by atoms with E-state index in [4.69, 9.17) is 0 Å². The number of carbonyl (C=O) groups is 1. The third-order valence-electron chi connectivity index (χ3n) is 2.86. The lowest BCUT2D eigenvalue weighted by atomic mass is 10.2. The van der Waals surface area contributed by atoms with Crippen LogP contribution in [0, 0.1) is 0 Å². The molecule has 0 atom stereocenters. The number of aromatic nitrogens is 1. The molecule has 0 unspecified atom stereocenters. The van der Waals surface area contributed by atoms with Crippen LogP contribution in [-0.2, 0) is 6.54 Å². The second kappa shape index (κ2) is 6.38. The van der Waals surface area contributed by atoms with Gasteiger partial charge < -0.3 is 4.90 Å². The molecule has 0 saturated carbocycles. The first kappa shape index (κ1) is 13.6. The van der Waals surface area contributed by atoms with Crippen LogP contribution in [-0.4, -0.2) is 22.3 Å². The minimum absolute atomic E-state index is 0.0153. The van der Waals surface area contributed by atoms with Gasteiger partial charge in [0.05, 0.1) is 12.2 Å². The molecule has 1 amide bonds. The van der Waals surface area contributed by atoms with Crippen molar-refractivity contribution in [2.75, 3.05) is 6.54 Å². The zero-order valence-electron chi connectivity index (χ0n) is 10.8. The summed E-state index contributed by atoms with van der Waals surface area (Å²) in [5, 5.41) is 0. The van der Waals surface area contributed by atoms with Crippen molar-refractivity contribution in [1.29, 1.82) is 0 Å². The predicted molar refractivity (Wildman–Crippen MR) is 78.3 cm³/mol. The summed E-state index contributed by atoms with van der Waals surface area (Å²) in [5.41, 5.74) is 1.57. The number of thiol groups is 1. The first-order chi connectivity index (χ1) is 9.20. The van der Waals surface area contributed by atoms with Crippen LogP contribution in [0.15, 0.2) is 53.6 Å². The first-order valence-electron chi connectivity index (χ1n) is 6.19. The van der Waals surface area contributed by atoms with Crippen LogP contribution in [0.1, 0.15) is 23.0 Å². The maximum Gasteiger partial charge on any atom is 0.254 e. The Morgan fingerprint density at radius 3 is 2.53 bits per heavy atom. The molecule has 0 aliphatic carbocycles. The summed E-state index contributed by atoms with van der Waals surface area (Å²) in [6, 6.07) is 13.0. The van der Waals surface area contributed by atoms with Crippen LogP contribution in [0.5, 0.6) is 0 Å².